The van der Waals surface area contributed by atoms with E-state index in [1.165, 1.54) is 10.8 Å². The van der Waals surface area contributed by atoms with Crippen LogP contribution in [0.5, 0.6) is 0 Å². The van der Waals surface area contributed by atoms with Crippen LogP contribution in [-0.4, -0.2) is 0 Å². The van der Waals surface area contributed by atoms with Crippen molar-refractivity contribution in [3.05, 3.63) is 127 Å². The van der Waals surface area contributed by atoms with Gasteiger partial charge < -0.3 is 13.7 Å². The molecule has 0 saturated carbocycles. The lowest BCUT2D eigenvalue weighted by atomic mass is 10.0. The molecule has 0 N–H and O–H groups in total. The predicted octanol–water partition coefficient (Wildman–Crippen LogP) is 10.1. The van der Waals surface area contributed by atoms with Gasteiger partial charge in [0.05, 0.1) is 22.1 Å². The molecule has 2 heterocycles. The second-order valence-electron chi connectivity index (χ2n) is 9.34. The molecular formula is C34H21NO2. The summed E-state index contributed by atoms with van der Waals surface area (Å²) < 4.78 is 12.9. The number of rotatable bonds is 3. The number of fused-ring (bicyclic) bond motifs is 8. The first kappa shape index (κ1) is 20.2. The predicted molar refractivity (Wildman–Crippen MR) is 153 cm³/mol. The Balaban J connectivity index is 1.53. The highest BCUT2D eigenvalue weighted by molar-refractivity contribution is 6.25. The first-order valence-corrected chi connectivity index (χ1v) is 12.5. The standard InChI is InChI=1S/C34H21NO2/c1-2-12-23(13-3-1)35(27-16-8-11-22-10-4-5-14-24(22)27)28-17-9-19-30-32(28)33-31(36-30)21-20-26-25-15-6-7-18-29(25)37-34(26)33/h1-21H. The van der Waals surface area contributed by atoms with Crippen molar-refractivity contribution in [3.8, 4) is 0 Å². The van der Waals surface area contributed by atoms with Crippen molar-refractivity contribution in [2.24, 2.45) is 0 Å². The number of anilines is 3. The summed E-state index contributed by atoms with van der Waals surface area (Å²) in [5, 5.41) is 6.63. The topological polar surface area (TPSA) is 29.5 Å². The van der Waals surface area contributed by atoms with Crippen molar-refractivity contribution in [2.75, 3.05) is 4.90 Å². The van der Waals surface area contributed by atoms with Crippen LogP contribution in [0.4, 0.5) is 17.1 Å². The number of para-hydroxylation sites is 2. The molecule has 6 aromatic carbocycles. The minimum atomic E-state index is 0.819. The molecule has 0 aliphatic carbocycles. The number of hydrogen-bond donors (Lipinski definition) is 0. The van der Waals surface area contributed by atoms with Crippen LogP contribution in [0.2, 0.25) is 0 Å². The van der Waals surface area contributed by atoms with E-state index >= 15 is 0 Å². The molecule has 0 saturated heterocycles. The molecule has 3 nitrogen and oxygen atoms in total. The lowest BCUT2D eigenvalue weighted by Crippen LogP contribution is -2.10. The highest BCUT2D eigenvalue weighted by Crippen LogP contribution is 2.47. The van der Waals surface area contributed by atoms with E-state index in [1.54, 1.807) is 0 Å². The number of nitrogens with zero attached hydrogens (tertiary/aromatic N) is 1. The van der Waals surface area contributed by atoms with Gasteiger partial charge in [0.2, 0.25) is 0 Å². The van der Waals surface area contributed by atoms with Gasteiger partial charge in [0.1, 0.15) is 22.3 Å². The number of benzene rings is 6. The molecule has 0 bridgehead atoms. The molecule has 3 heteroatoms. The molecule has 0 unspecified atom stereocenters. The molecule has 174 valence electrons. The van der Waals surface area contributed by atoms with Gasteiger partial charge >= 0.3 is 0 Å². The molecular weight excluding hydrogens is 454 g/mol. The third kappa shape index (κ3) is 2.95. The van der Waals surface area contributed by atoms with Gasteiger partial charge in [-0.3, -0.25) is 0 Å². The van der Waals surface area contributed by atoms with Crippen molar-refractivity contribution in [3.63, 3.8) is 0 Å². The van der Waals surface area contributed by atoms with E-state index < -0.39 is 0 Å². The molecule has 0 spiro atoms. The average Bonchev–Trinajstić information content (AvgIpc) is 3.53. The monoisotopic (exact) mass is 475 g/mol. The Kier molecular flexibility index (Phi) is 4.23. The largest absolute Gasteiger partial charge is 0.456 e. The first-order chi connectivity index (χ1) is 18.4. The van der Waals surface area contributed by atoms with E-state index in [0.29, 0.717) is 0 Å². The lowest BCUT2D eigenvalue weighted by molar-refractivity contribution is 0.663. The normalized spacial score (nSPS) is 11.8. The maximum absolute atomic E-state index is 6.47. The Morgan fingerprint density at radius 2 is 1.08 bits per heavy atom. The van der Waals surface area contributed by atoms with Crippen molar-refractivity contribution in [1.82, 2.24) is 0 Å². The zero-order valence-corrected chi connectivity index (χ0v) is 19.9. The third-order valence-electron chi connectivity index (χ3n) is 7.25. The van der Waals surface area contributed by atoms with E-state index in [1.807, 2.05) is 18.2 Å². The van der Waals surface area contributed by atoms with E-state index in [-0.39, 0.29) is 0 Å². The second kappa shape index (κ2) is 7.74. The summed E-state index contributed by atoms with van der Waals surface area (Å²) in [7, 11) is 0. The maximum atomic E-state index is 6.47. The van der Waals surface area contributed by atoms with E-state index in [0.717, 1.165) is 60.9 Å². The summed E-state index contributed by atoms with van der Waals surface area (Å²) in [4.78, 5) is 2.33. The van der Waals surface area contributed by atoms with Gasteiger partial charge in [-0.1, -0.05) is 78.9 Å². The second-order valence-corrected chi connectivity index (χ2v) is 9.34. The lowest BCUT2D eigenvalue weighted by Gasteiger charge is -2.27. The minimum absolute atomic E-state index is 0.819. The van der Waals surface area contributed by atoms with Crippen LogP contribution in [0, 0.1) is 0 Å². The summed E-state index contributed by atoms with van der Waals surface area (Å²) in [6.07, 6.45) is 0. The van der Waals surface area contributed by atoms with Crippen LogP contribution >= 0.6 is 0 Å². The van der Waals surface area contributed by atoms with Crippen LogP contribution in [0.3, 0.4) is 0 Å². The summed E-state index contributed by atoms with van der Waals surface area (Å²) >= 11 is 0. The van der Waals surface area contributed by atoms with Crippen molar-refractivity contribution in [1.29, 1.82) is 0 Å². The summed E-state index contributed by atoms with van der Waals surface area (Å²) in [6.45, 7) is 0. The molecule has 0 fully saturated rings. The molecule has 8 aromatic rings. The number of hydrogen-bond acceptors (Lipinski definition) is 3. The van der Waals surface area contributed by atoms with E-state index in [2.05, 4.69) is 114 Å². The molecule has 0 amide bonds. The Labute approximate surface area is 212 Å². The molecule has 2 aromatic heterocycles. The molecule has 0 atom stereocenters. The fourth-order valence-electron chi connectivity index (χ4n) is 5.64. The molecule has 37 heavy (non-hydrogen) atoms. The van der Waals surface area contributed by atoms with Gasteiger partial charge in [-0.05, 0) is 53.9 Å². The van der Waals surface area contributed by atoms with Crippen molar-refractivity contribution in [2.45, 2.75) is 0 Å². The quantitative estimate of drug-likeness (QED) is 0.255. The molecule has 0 aliphatic rings. The SMILES string of the molecule is c1ccc(N(c2cccc3ccccc23)c2cccc3oc4ccc5c6ccccc6oc5c4c23)cc1. The van der Waals surface area contributed by atoms with Gasteiger partial charge in [-0.2, -0.15) is 0 Å². The van der Waals surface area contributed by atoms with E-state index in [9.17, 15) is 0 Å². The first-order valence-electron chi connectivity index (χ1n) is 12.5. The van der Waals surface area contributed by atoms with Crippen LogP contribution in [-0.2, 0) is 0 Å². The van der Waals surface area contributed by atoms with Gasteiger partial charge in [0, 0.05) is 21.8 Å². The Morgan fingerprint density at radius 3 is 2.00 bits per heavy atom. The summed E-state index contributed by atoms with van der Waals surface area (Å²) in [5.41, 5.74) is 6.63. The molecule has 0 aliphatic heterocycles. The van der Waals surface area contributed by atoms with Gasteiger partial charge in [-0.25, -0.2) is 0 Å². The third-order valence-corrected chi connectivity index (χ3v) is 7.25. The fourth-order valence-corrected chi connectivity index (χ4v) is 5.64. The fraction of sp³-hybridized carbons (Fsp3) is 0. The maximum Gasteiger partial charge on any atom is 0.147 e. The van der Waals surface area contributed by atoms with Crippen molar-refractivity contribution < 1.29 is 8.83 Å². The Morgan fingerprint density at radius 1 is 0.405 bits per heavy atom. The zero-order chi connectivity index (χ0) is 24.3. The van der Waals surface area contributed by atoms with Gasteiger partial charge in [0.15, 0.2) is 0 Å². The Bertz CT molecular complexity index is 2090. The molecule has 8 rings (SSSR count). The van der Waals surface area contributed by atoms with Gasteiger partial charge in [-0.15, -0.1) is 0 Å². The van der Waals surface area contributed by atoms with Crippen molar-refractivity contribution >= 4 is 71.7 Å². The zero-order valence-electron chi connectivity index (χ0n) is 19.9. The molecule has 0 radical (unpaired) electrons. The Hall–Kier alpha value is -5.02. The van der Waals surface area contributed by atoms with Crippen LogP contribution < -0.4 is 4.90 Å². The summed E-state index contributed by atoms with van der Waals surface area (Å²) in [5.74, 6) is 0. The van der Waals surface area contributed by atoms with Crippen LogP contribution in [0.15, 0.2) is 136 Å². The number of furan rings is 2. The average molecular weight is 476 g/mol. The van der Waals surface area contributed by atoms with E-state index in [4.69, 9.17) is 8.83 Å². The minimum Gasteiger partial charge on any atom is -0.456 e. The highest BCUT2D eigenvalue weighted by Gasteiger charge is 2.23. The summed E-state index contributed by atoms with van der Waals surface area (Å²) in [6, 6.07) is 44.2. The smallest absolute Gasteiger partial charge is 0.147 e. The highest BCUT2D eigenvalue weighted by atomic mass is 16.3. The van der Waals surface area contributed by atoms with Crippen LogP contribution in [0.25, 0.3) is 54.6 Å². The van der Waals surface area contributed by atoms with Crippen LogP contribution in [0.1, 0.15) is 0 Å². The van der Waals surface area contributed by atoms with Gasteiger partial charge in [0.25, 0.3) is 0 Å².